The molecule has 0 atom stereocenters. The molecule has 0 radical (unpaired) electrons. The maximum Gasteiger partial charge on any atom is 0.131 e. The van der Waals surface area contributed by atoms with Crippen molar-refractivity contribution in [1.29, 1.82) is 0 Å². The van der Waals surface area contributed by atoms with E-state index in [0.717, 1.165) is 74.3 Å². The molecule has 1 aliphatic rings. The lowest BCUT2D eigenvalue weighted by molar-refractivity contribution is 0.187. The third-order valence-electron chi connectivity index (χ3n) is 7.19. The fraction of sp³-hybridized carbons (Fsp3) is 0.355. The van der Waals surface area contributed by atoms with Crippen LogP contribution in [0.15, 0.2) is 54.7 Å². The molecule has 6 heteroatoms. The molecule has 1 aliphatic heterocycles. The number of rotatable bonds is 6. The molecule has 0 unspecified atom stereocenters. The summed E-state index contributed by atoms with van der Waals surface area (Å²) >= 11 is 6.78. The van der Waals surface area contributed by atoms with Gasteiger partial charge in [0.05, 0.1) is 11.4 Å². The number of hydrogen-bond donors (Lipinski definition) is 1. The average Bonchev–Trinajstić information content (AvgIpc) is 3.30. The maximum atomic E-state index is 6.78. The molecule has 1 N–H and O–H groups in total. The number of aromatic amines is 1. The summed E-state index contributed by atoms with van der Waals surface area (Å²) in [7, 11) is 2.14. The maximum absolute atomic E-state index is 6.78. The Balaban J connectivity index is 1.61. The molecule has 5 rings (SSSR count). The molecule has 0 saturated carbocycles. The van der Waals surface area contributed by atoms with Gasteiger partial charge in [-0.25, -0.2) is 0 Å². The molecule has 0 spiro atoms. The van der Waals surface area contributed by atoms with E-state index >= 15 is 0 Å². The Hall–Kier alpha value is -3.15. The summed E-state index contributed by atoms with van der Waals surface area (Å²) in [5, 5.41) is 8.50. The molecule has 1 fully saturated rings. The number of ether oxygens (including phenoxy) is 1. The first-order chi connectivity index (χ1) is 17.6. The van der Waals surface area contributed by atoms with Gasteiger partial charge in [-0.2, -0.15) is 5.10 Å². The van der Waals surface area contributed by atoms with Crippen LogP contribution >= 0.6 is 11.6 Å². The molecule has 4 aromatic rings. The average molecular weight is 515 g/mol. The number of pyridine rings is 1. The summed E-state index contributed by atoms with van der Waals surface area (Å²) in [5.74, 6) is 1.20. The largest absolute Gasteiger partial charge is 0.488 e. The molecule has 0 aliphatic carbocycles. The van der Waals surface area contributed by atoms with Crippen molar-refractivity contribution in [3.8, 4) is 28.1 Å². The van der Waals surface area contributed by atoms with E-state index in [2.05, 4.69) is 81.0 Å². The Morgan fingerprint density at radius 2 is 1.78 bits per heavy atom. The number of likely N-dealkylation sites (N-methyl/N-ethyl adjacent to an activating group) is 1. The highest BCUT2D eigenvalue weighted by molar-refractivity contribution is 6.31. The van der Waals surface area contributed by atoms with Crippen LogP contribution < -0.4 is 4.74 Å². The summed E-state index contributed by atoms with van der Waals surface area (Å²) in [6, 6.07) is 16.5. The molecule has 1 saturated heterocycles. The molecule has 3 heterocycles. The monoisotopic (exact) mass is 514 g/mol. The number of nitrogens with one attached hydrogen (secondary N) is 1. The number of halogens is 1. The van der Waals surface area contributed by atoms with E-state index in [-0.39, 0.29) is 5.41 Å². The standard InChI is InChI=1S/C31H35ClN4O/c1-19-12-25(31(3,4)5)26(32)13-23(19)27-14-28(37-18-21-10-8-7-9-11-21)29(20(2)34-27)24-15-33-35-30(24)22-16-36(6)17-22/h7-15,22H,16-18H2,1-6H3,(H,33,35). The van der Waals surface area contributed by atoms with Crippen molar-refractivity contribution < 1.29 is 4.74 Å². The van der Waals surface area contributed by atoms with Gasteiger partial charge in [0, 0.05) is 58.7 Å². The van der Waals surface area contributed by atoms with Gasteiger partial charge in [-0.05, 0) is 49.1 Å². The van der Waals surface area contributed by atoms with Crippen molar-refractivity contribution in [3.05, 3.63) is 87.8 Å². The van der Waals surface area contributed by atoms with Crippen LogP contribution in [0, 0.1) is 13.8 Å². The molecular weight excluding hydrogens is 480 g/mol. The van der Waals surface area contributed by atoms with Crippen molar-refractivity contribution in [2.24, 2.45) is 0 Å². The fourth-order valence-corrected chi connectivity index (χ4v) is 5.62. The minimum atomic E-state index is -0.0369. The molecule has 37 heavy (non-hydrogen) atoms. The topological polar surface area (TPSA) is 54.0 Å². The smallest absolute Gasteiger partial charge is 0.131 e. The van der Waals surface area contributed by atoms with Gasteiger partial charge in [0.2, 0.25) is 0 Å². The predicted octanol–water partition coefficient (Wildman–Crippen LogP) is 7.31. The SMILES string of the molecule is Cc1cc(C(C)(C)C)c(Cl)cc1-c1cc(OCc2ccccc2)c(-c2c[nH]nc2C2CN(C)C2)c(C)n1. The van der Waals surface area contributed by atoms with Gasteiger partial charge in [-0.3, -0.25) is 10.1 Å². The zero-order chi connectivity index (χ0) is 26.3. The number of aromatic nitrogens is 3. The molecule has 5 nitrogen and oxygen atoms in total. The molecule has 192 valence electrons. The van der Waals surface area contributed by atoms with Gasteiger partial charge in [-0.15, -0.1) is 0 Å². The highest BCUT2D eigenvalue weighted by Crippen LogP contribution is 2.42. The van der Waals surface area contributed by atoms with E-state index in [9.17, 15) is 0 Å². The third-order valence-corrected chi connectivity index (χ3v) is 7.50. The fourth-order valence-electron chi connectivity index (χ4n) is 5.17. The van der Waals surface area contributed by atoms with Gasteiger partial charge in [0.25, 0.3) is 0 Å². The van der Waals surface area contributed by atoms with Crippen LogP contribution in [-0.2, 0) is 12.0 Å². The normalized spacial score (nSPS) is 14.6. The summed E-state index contributed by atoms with van der Waals surface area (Å²) in [6.45, 7) is 13.2. The van der Waals surface area contributed by atoms with Gasteiger partial charge < -0.3 is 9.64 Å². The zero-order valence-electron chi connectivity index (χ0n) is 22.5. The molecular formula is C31H35ClN4O. The molecule has 0 bridgehead atoms. The second kappa shape index (κ2) is 9.96. The number of H-pyrrole nitrogens is 1. The summed E-state index contributed by atoms with van der Waals surface area (Å²) < 4.78 is 6.52. The Morgan fingerprint density at radius 3 is 2.46 bits per heavy atom. The Kier molecular flexibility index (Phi) is 6.86. The van der Waals surface area contributed by atoms with Gasteiger partial charge in [-0.1, -0.05) is 68.8 Å². The Labute approximate surface area is 224 Å². The van der Waals surface area contributed by atoms with E-state index in [1.165, 1.54) is 0 Å². The van der Waals surface area contributed by atoms with Crippen molar-refractivity contribution in [2.75, 3.05) is 20.1 Å². The van der Waals surface area contributed by atoms with Crippen molar-refractivity contribution in [3.63, 3.8) is 0 Å². The van der Waals surface area contributed by atoms with Crippen LogP contribution in [0.3, 0.4) is 0 Å². The number of hydrogen-bond acceptors (Lipinski definition) is 4. The summed E-state index contributed by atoms with van der Waals surface area (Å²) in [6.07, 6.45) is 1.98. The van der Waals surface area contributed by atoms with Gasteiger partial charge >= 0.3 is 0 Å². The minimum absolute atomic E-state index is 0.0369. The van der Waals surface area contributed by atoms with Crippen LogP contribution in [0.5, 0.6) is 5.75 Å². The van der Waals surface area contributed by atoms with Gasteiger partial charge in [0.15, 0.2) is 0 Å². The summed E-state index contributed by atoms with van der Waals surface area (Å²) in [4.78, 5) is 7.38. The first-order valence-corrected chi connectivity index (χ1v) is 13.2. The Morgan fingerprint density at radius 1 is 1.05 bits per heavy atom. The predicted molar refractivity (Wildman–Crippen MR) is 151 cm³/mol. The molecule has 2 aromatic carbocycles. The van der Waals surface area contributed by atoms with E-state index in [4.69, 9.17) is 21.3 Å². The number of benzene rings is 2. The van der Waals surface area contributed by atoms with Crippen LogP contribution in [0.2, 0.25) is 5.02 Å². The van der Waals surface area contributed by atoms with Crippen LogP contribution in [-0.4, -0.2) is 40.2 Å². The molecule has 2 aromatic heterocycles. The number of likely N-dealkylation sites (tertiary alicyclic amines) is 1. The highest BCUT2D eigenvalue weighted by atomic mass is 35.5. The van der Waals surface area contributed by atoms with Crippen molar-refractivity contribution in [2.45, 2.75) is 52.6 Å². The lowest BCUT2D eigenvalue weighted by Crippen LogP contribution is -2.42. The van der Waals surface area contributed by atoms with E-state index in [0.29, 0.717) is 12.5 Å². The number of aryl methyl sites for hydroxylation is 2. The highest BCUT2D eigenvalue weighted by Gasteiger charge is 2.31. The van der Waals surface area contributed by atoms with Crippen LogP contribution in [0.25, 0.3) is 22.4 Å². The lowest BCUT2D eigenvalue weighted by atomic mass is 9.84. The third kappa shape index (κ3) is 5.16. The molecule has 0 amide bonds. The van der Waals surface area contributed by atoms with Crippen molar-refractivity contribution in [1.82, 2.24) is 20.1 Å². The first kappa shape index (κ1) is 25.5. The second-order valence-electron chi connectivity index (χ2n) is 11.2. The quantitative estimate of drug-likeness (QED) is 0.293. The van der Waals surface area contributed by atoms with E-state index < -0.39 is 0 Å². The second-order valence-corrected chi connectivity index (χ2v) is 11.6. The number of nitrogens with zero attached hydrogens (tertiary/aromatic N) is 3. The van der Waals surface area contributed by atoms with Gasteiger partial charge in [0.1, 0.15) is 12.4 Å². The van der Waals surface area contributed by atoms with Crippen LogP contribution in [0.4, 0.5) is 0 Å². The minimum Gasteiger partial charge on any atom is -0.488 e. The Bertz CT molecular complexity index is 1420. The first-order valence-electron chi connectivity index (χ1n) is 12.8. The van der Waals surface area contributed by atoms with E-state index in [1.54, 1.807) is 0 Å². The lowest BCUT2D eigenvalue weighted by Gasteiger charge is -2.35. The summed E-state index contributed by atoms with van der Waals surface area (Å²) in [5.41, 5.74) is 9.28. The van der Waals surface area contributed by atoms with Crippen molar-refractivity contribution >= 4 is 11.6 Å². The van der Waals surface area contributed by atoms with E-state index in [1.807, 2.05) is 30.5 Å². The van der Waals surface area contributed by atoms with Crippen LogP contribution in [0.1, 0.15) is 54.8 Å². The zero-order valence-corrected chi connectivity index (χ0v) is 23.3.